The number of ether oxygens (including phenoxy) is 1. The number of aryl methyl sites for hydroxylation is 1. The SMILES string of the molecule is COc1ccc(C)cc1C(O)CC1CC(C)CCN1. The zero-order valence-corrected chi connectivity index (χ0v) is 12.1. The second-order valence-corrected chi connectivity index (χ2v) is 5.78. The maximum Gasteiger partial charge on any atom is 0.124 e. The van der Waals surface area contributed by atoms with Crippen LogP contribution in [0.25, 0.3) is 0 Å². The van der Waals surface area contributed by atoms with Crippen LogP contribution < -0.4 is 10.1 Å². The number of hydrogen-bond acceptors (Lipinski definition) is 3. The Morgan fingerprint density at radius 2 is 2.26 bits per heavy atom. The largest absolute Gasteiger partial charge is 0.496 e. The Morgan fingerprint density at radius 3 is 2.95 bits per heavy atom. The third kappa shape index (κ3) is 3.71. The van der Waals surface area contributed by atoms with Gasteiger partial charge in [0.2, 0.25) is 0 Å². The van der Waals surface area contributed by atoms with E-state index in [0.717, 1.165) is 42.2 Å². The van der Waals surface area contributed by atoms with Gasteiger partial charge in [0.15, 0.2) is 0 Å². The van der Waals surface area contributed by atoms with E-state index in [4.69, 9.17) is 4.74 Å². The molecule has 0 bridgehead atoms. The fourth-order valence-electron chi connectivity index (χ4n) is 2.91. The lowest BCUT2D eigenvalue weighted by molar-refractivity contribution is 0.135. The number of hydrogen-bond donors (Lipinski definition) is 2. The molecule has 0 spiro atoms. The van der Waals surface area contributed by atoms with Crippen molar-refractivity contribution in [2.45, 2.75) is 45.3 Å². The molecule has 1 heterocycles. The van der Waals surface area contributed by atoms with Crippen LogP contribution in [0.15, 0.2) is 18.2 Å². The van der Waals surface area contributed by atoms with Crippen molar-refractivity contribution >= 4 is 0 Å². The zero-order chi connectivity index (χ0) is 13.8. The summed E-state index contributed by atoms with van der Waals surface area (Å²) in [4.78, 5) is 0. The Kier molecular flexibility index (Phi) is 4.83. The summed E-state index contributed by atoms with van der Waals surface area (Å²) in [6.45, 7) is 5.38. The van der Waals surface area contributed by atoms with Gasteiger partial charge in [-0.2, -0.15) is 0 Å². The van der Waals surface area contributed by atoms with Crippen molar-refractivity contribution in [3.8, 4) is 5.75 Å². The number of benzene rings is 1. The summed E-state index contributed by atoms with van der Waals surface area (Å²) in [5.41, 5.74) is 2.06. The summed E-state index contributed by atoms with van der Waals surface area (Å²) < 4.78 is 5.35. The average molecular weight is 263 g/mol. The molecule has 106 valence electrons. The first kappa shape index (κ1) is 14.4. The molecule has 3 unspecified atom stereocenters. The lowest BCUT2D eigenvalue weighted by atomic mass is 9.89. The molecule has 0 aliphatic carbocycles. The Morgan fingerprint density at radius 1 is 1.47 bits per heavy atom. The van der Waals surface area contributed by atoms with Crippen molar-refractivity contribution < 1.29 is 9.84 Å². The van der Waals surface area contributed by atoms with Gasteiger partial charge in [-0.05, 0) is 50.8 Å². The van der Waals surface area contributed by atoms with Gasteiger partial charge in [0, 0.05) is 11.6 Å². The molecule has 1 aliphatic rings. The van der Waals surface area contributed by atoms with Crippen molar-refractivity contribution in [2.24, 2.45) is 5.92 Å². The molecular formula is C16H25NO2. The van der Waals surface area contributed by atoms with Gasteiger partial charge in [-0.3, -0.25) is 0 Å². The predicted octanol–water partition coefficient (Wildman–Crippen LogP) is 2.82. The lowest BCUT2D eigenvalue weighted by Crippen LogP contribution is -2.38. The van der Waals surface area contributed by atoms with E-state index in [1.54, 1.807) is 7.11 Å². The molecule has 2 rings (SSSR count). The Hall–Kier alpha value is -1.06. The van der Waals surface area contributed by atoms with Crippen LogP contribution in [0.4, 0.5) is 0 Å². The molecule has 0 amide bonds. The van der Waals surface area contributed by atoms with E-state index in [1.165, 1.54) is 6.42 Å². The van der Waals surface area contributed by atoms with Crippen LogP contribution in [-0.2, 0) is 0 Å². The van der Waals surface area contributed by atoms with Gasteiger partial charge >= 0.3 is 0 Å². The maximum absolute atomic E-state index is 10.5. The monoisotopic (exact) mass is 263 g/mol. The molecule has 0 aromatic heterocycles. The van der Waals surface area contributed by atoms with Crippen LogP contribution in [0, 0.1) is 12.8 Å². The summed E-state index contributed by atoms with van der Waals surface area (Å²) in [5.74, 6) is 1.53. The summed E-state index contributed by atoms with van der Waals surface area (Å²) >= 11 is 0. The van der Waals surface area contributed by atoms with Crippen LogP contribution in [0.1, 0.15) is 43.4 Å². The van der Waals surface area contributed by atoms with E-state index < -0.39 is 6.10 Å². The van der Waals surface area contributed by atoms with Gasteiger partial charge in [0.25, 0.3) is 0 Å². The van der Waals surface area contributed by atoms with Gasteiger partial charge in [0.05, 0.1) is 13.2 Å². The van der Waals surface area contributed by atoms with Crippen LogP contribution >= 0.6 is 0 Å². The van der Waals surface area contributed by atoms with Crippen LogP contribution in [0.5, 0.6) is 5.75 Å². The van der Waals surface area contributed by atoms with Gasteiger partial charge < -0.3 is 15.2 Å². The first-order valence-electron chi connectivity index (χ1n) is 7.16. The highest BCUT2D eigenvalue weighted by molar-refractivity contribution is 5.38. The molecule has 0 saturated carbocycles. The van der Waals surface area contributed by atoms with E-state index in [9.17, 15) is 5.11 Å². The molecule has 0 radical (unpaired) electrons. The van der Waals surface area contributed by atoms with Crippen molar-refractivity contribution in [1.82, 2.24) is 5.32 Å². The summed E-state index contributed by atoms with van der Waals surface area (Å²) in [5, 5.41) is 14.0. The fourth-order valence-corrected chi connectivity index (χ4v) is 2.91. The van der Waals surface area contributed by atoms with E-state index in [1.807, 2.05) is 25.1 Å². The van der Waals surface area contributed by atoms with Crippen molar-refractivity contribution in [3.63, 3.8) is 0 Å². The van der Waals surface area contributed by atoms with Crippen molar-refractivity contribution in [1.29, 1.82) is 0 Å². The molecule has 1 aromatic rings. The first-order valence-corrected chi connectivity index (χ1v) is 7.16. The number of aliphatic hydroxyl groups excluding tert-OH is 1. The van der Waals surface area contributed by atoms with Gasteiger partial charge in [-0.15, -0.1) is 0 Å². The lowest BCUT2D eigenvalue weighted by Gasteiger charge is -2.30. The number of aliphatic hydroxyl groups is 1. The molecule has 3 heteroatoms. The molecule has 1 aliphatic heterocycles. The minimum absolute atomic E-state index is 0.406. The number of piperidine rings is 1. The highest BCUT2D eigenvalue weighted by Crippen LogP contribution is 2.31. The molecular weight excluding hydrogens is 238 g/mol. The second-order valence-electron chi connectivity index (χ2n) is 5.78. The van der Waals surface area contributed by atoms with E-state index >= 15 is 0 Å². The standard InChI is InChI=1S/C16H25NO2/c1-11-4-5-16(19-3)14(9-11)15(18)10-13-8-12(2)6-7-17-13/h4-5,9,12-13,15,17-18H,6-8,10H2,1-3H3. The van der Waals surface area contributed by atoms with Crippen molar-refractivity contribution in [3.05, 3.63) is 29.3 Å². The summed E-state index contributed by atoms with van der Waals surface area (Å²) in [6.07, 6.45) is 2.67. The van der Waals surface area contributed by atoms with Crippen LogP contribution in [-0.4, -0.2) is 24.8 Å². The topological polar surface area (TPSA) is 41.5 Å². The third-order valence-corrected chi connectivity index (χ3v) is 4.01. The Balaban J connectivity index is 2.06. The second kappa shape index (κ2) is 6.40. The normalized spacial score (nSPS) is 25.1. The third-order valence-electron chi connectivity index (χ3n) is 4.01. The summed E-state index contributed by atoms with van der Waals surface area (Å²) in [6, 6.07) is 6.38. The Bertz CT molecular complexity index is 419. The summed E-state index contributed by atoms with van der Waals surface area (Å²) in [7, 11) is 1.65. The number of rotatable bonds is 4. The van der Waals surface area contributed by atoms with Crippen LogP contribution in [0.2, 0.25) is 0 Å². The number of methoxy groups -OCH3 is 1. The van der Waals surface area contributed by atoms with E-state index in [0.29, 0.717) is 6.04 Å². The molecule has 3 nitrogen and oxygen atoms in total. The van der Waals surface area contributed by atoms with Gasteiger partial charge in [-0.25, -0.2) is 0 Å². The maximum atomic E-state index is 10.5. The minimum Gasteiger partial charge on any atom is -0.496 e. The molecule has 19 heavy (non-hydrogen) atoms. The Labute approximate surface area is 116 Å². The molecule has 1 saturated heterocycles. The van der Waals surface area contributed by atoms with E-state index in [2.05, 4.69) is 12.2 Å². The minimum atomic E-state index is -0.461. The zero-order valence-electron chi connectivity index (χ0n) is 12.1. The van der Waals surface area contributed by atoms with Crippen molar-refractivity contribution in [2.75, 3.05) is 13.7 Å². The average Bonchev–Trinajstić information content (AvgIpc) is 2.38. The molecule has 1 fully saturated rings. The first-order chi connectivity index (χ1) is 9.10. The highest BCUT2D eigenvalue weighted by Gasteiger charge is 2.23. The predicted molar refractivity (Wildman–Crippen MR) is 77.5 cm³/mol. The fraction of sp³-hybridized carbons (Fsp3) is 0.625. The quantitative estimate of drug-likeness (QED) is 0.877. The molecule has 2 N–H and O–H groups in total. The smallest absolute Gasteiger partial charge is 0.124 e. The molecule has 3 atom stereocenters. The highest BCUT2D eigenvalue weighted by atomic mass is 16.5. The van der Waals surface area contributed by atoms with E-state index in [-0.39, 0.29) is 0 Å². The van der Waals surface area contributed by atoms with Gasteiger partial charge in [0.1, 0.15) is 5.75 Å². The number of nitrogens with one attached hydrogen (secondary N) is 1. The van der Waals surface area contributed by atoms with Crippen LogP contribution in [0.3, 0.4) is 0 Å². The van der Waals surface area contributed by atoms with Gasteiger partial charge in [-0.1, -0.05) is 18.6 Å². The molecule has 1 aromatic carbocycles.